The van der Waals surface area contributed by atoms with E-state index in [0.717, 1.165) is 36.5 Å². The molecule has 4 aliphatic carbocycles. The summed E-state index contributed by atoms with van der Waals surface area (Å²) >= 11 is 0. The van der Waals surface area contributed by atoms with Crippen molar-refractivity contribution in [1.82, 2.24) is 0 Å². The summed E-state index contributed by atoms with van der Waals surface area (Å²) in [4.78, 5) is 0. The maximum absolute atomic E-state index is 5.55. The SMILES string of the molecule is C=C1CCC2[C@@](C)(CC[C@@]3(C)C4CC[C@H](C(C)C)[C@@]4(C)CC[C@]23C)[C@@H]1CCC(OC)OC. The molecular weight excluding hydrogens is 392 g/mol. The van der Waals surface area contributed by atoms with Gasteiger partial charge in [0.1, 0.15) is 0 Å². The van der Waals surface area contributed by atoms with Crippen LogP contribution in [0.4, 0.5) is 0 Å². The number of methoxy groups -OCH3 is 2. The van der Waals surface area contributed by atoms with E-state index in [4.69, 9.17) is 9.47 Å². The summed E-state index contributed by atoms with van der Waals surface area (Å²) in [7, 11) is 3.54. The van der Waals surface area contributed by atoms with E-state index in [1.807, 2.05) is 0 Å². The Morgan fingerprint density at radius 3 is 1.97 bits per heavy atom. The average molecular weight is 445 g/mol. The van der Waals surface area contributed by atoms with Crippen molar-refractivity contribution in [1.29, 1.82) is 0 Å². The zero-order valence-corrected chi connectivity index (χ0v) is 22.6. The third-order valence-electron chi connectivity index (χ3n) is 12.5. The average Bonchev–Trinajstić information content (AvgIpc) is 3.10. The van der Waals surface area contributed by atoms with Gasteiger partial charge in [0.15, 0.2) is 6.29 Å². The molecule has 0 aromatic heterocycles. The van der Waals surface area contributed by atoms with Crippen LogP contribution in [0.25, 0.3) is 0 Å². The summed E-state index contributed by atoms with van der Waals surface area (Å²) in [6, 6.07) is 0. The van der Waals surface area contributed by atoms with Gasteiger partial charge in [-0.05, 0) is 115 Å². The molecule has 0 bridgehead atoms. The Labute approximate surface area is 199 Å². The van der Waals surface area contributed by atoms with Crippen molar-refractivity contribution in [2.75, 3.05) is 14.2 Å². The molecule has 2 nitrogen and oxygen atoms in total. The van der Waals surface area contributed by atoms with Gasteiger partial charge in [0.25, 0.3) is 0 Å². The van der Waals surface area contributed by atoms with Crippen LogP contribution in [-0.2, 0) is 9.47 Å². The highest BCUT2D eigenvalue weighted by molar-refractivity contribution is 5.22. The molecule has 0 N–H and O–H groups in total. The minimum Gasteiger partial charge on any atom is -0.356 e. The topological polar surface area (TPSA) is 18.5 Å². The van der Waals surface area contributed by atoms with Crippen LogP contribution >= 0.6 is 0 Å². The van der Waals surface area contributed by atoms with Crippen LogP contribution in [-0.4, -0.2) is 20.5 Å². The Bertz CT molecular complexity index is 710. The Morgan fingerprint density at radius 2 is 1.41 bits per heavy atom. The molecule has 0 saturated heterocycles. The summed E-state index contributed by atoms with van der Waals surface area (Å²) in [6.45, 7) is 20.4. The van der Waals surface area contributed by atoms with Crippen LogP contribution in [0.15, 0.2) is 12.2 Å². The van der Waals surface area contributed by atoms with Crippen molar-refractivity contribution < 1.29 is 9.47 Å². The lowest BCUT2D eigenvalue weighted by Crippen LogP contribution is -2.64. The summed E-state index contributed by atoms with van der Waals surface area (Å²) in [5.74, 6) is 4.07. The molecule has 0 radical (unpaired) electrons. The number of allylic oxidation sites excluding steroid dienone is 1. The number of hydrogen-bond donors (Lipinski definition) is 0. The molecule has 0 amide bonds. The second-order valence-corrected chi connectivity index (χ2v) is 13.6. The third-order valence-corrected chi connectivity index (χ3v) is 12.5. The maximum atomic E-state index is 5.55. The molecule has 4 aliphatic rings. The molecule has 0 spiro atoms. The Hall–Kier alpha value is -0.340. The van der Waals surface area contributed by atoms with E-state index in [-0.39, 0.29) is 6.29 Å². The summed E-state index contributed by atoms with van der Waals surface area (Å²) in [5, 5.41) is 0. The van der Waals surface area contributed by atoms with Gasteiger partial charge in [-0.2, -0.15) is 0 Å². The number of rotatable bonds is 6. The van der Waals surface area contributed by atoms with Crippen molar-refractivity contribution in [3.05, 3.63) is 12.2 Å². The summed E-state index contributed by atoms with van der Waals surface area (Å²) < 4.78 is 11.1. The lowest BCUT2D eigenvalue weighted by atomic mass is 9.33. The van der Waals surface area contributed by atoms with Crippen molar-refractivity contribution in [2.45, 2.75) is 112 Å². The molecule has 2 unspecified atom stereocenters. The molecular formula is C30H52O2. The normalized spacial score (nSPS) is 48.6. The number of hydrogen-bond acceptors (Lipinski definition) is 2. The first-order valence-corrected chi connectivity index (χ1v) is 13.7. The van der Waals surface area contributed by atoms with Crippen LogP contribution in [0.1, 0.15) is 106 Å². The van der Waals surface area contributed by atoms with E-state index in [9.17, 15) is 0 Å². The highest BCUT2D eigenvalue weighted by Gasteiger charge is 2.69. The monoisotopic (exact) mass is 444 g/mol. The van der Waals surface area contributed by atoms with Crippen LogP contribution in [0, 0.1) is 51.2 Å². The molecule has 32 heavy (non-hydrogen) atoms. The van der Waals surface area contributed by atoms with Gasteiger partial charge in [0.2, 0.25) is 0 Å². The lowest BCUT2D eigenvalue weighted by Gasteiger charge is -2.71. The molecule has 0 aromatic carbocycles. The second kappa shape index (κ2) is 8.40. The first-order chi connectivity index (χ1) is 15.0. The van der Waals surface area contributed by atoms with Crippen LogP contribution in [0.2, 0.25) is 0 Å². The quantitative estimate of drug-likeness (QED) is 0.303. The van der Waals surface area contributed by atoms with Gasteiger partial charge in [0, 0.05) is 14.2 Å². The zero-order chi connectivity index (χ0) is 23.5. The third kappa shape index (κ3) is 3.32. The van der Waals surface area contributed by atoms with Crippen molar-refractivity contribution in [3.8, 4) is 0 Å². The fraction of sp³-hybridized carbons (Fsp3) is 0.933. The fourth-order valence-corrected chi connectivity index (χ4v) is 10.6. The standard InChI is InChI=1S/C30H52O2/c1-20(2)22-11-14-25-27(22,4)16-18-29(6)24-13-10-21(3)23(12-15-26(31-8)32-9)28(24,5)17-19-30(25,29)7/h20,22-26H,3,10-19H2,1-2,4-9H3/t22-,23-,24?,25?,27-,28+,29-,30+/m1/s1. The highest BCUT2D eigenvalue weighted by Crippen LogP contribution is 2.77. The van der Waals surface area contributed by atoms with Crippen LogP contribution in [0.5, 0.6) is 0 Å². The van der Waals surface area contributed by atoms with E-state index in [1.165, 1.54) is 56.9 Å². The van der Waals surface area contributed by atoms with Crippen LogP contribution in [0.3, 0.4) is 0 Å². The molecule has 4 rings (SSSR count). The smallest absolute Gasteiger partial charge is 0.156 e. The van der Waals surface area contributed by atoms with Crippen LogP contribution < -0.4 is 0 Å². The maximum Gasteiger partial charge on any atom is 0.156 e. The molecule has 4 fully saturated rings. The van der Waals surface area contributed by atoms with E-state index >= 15 is 0 Å². The van der Waals surface area contributed by atoms with Gasteiger partial charge in [-0.1, -0.05) is 53.7 Å². The predicted molar refractivity (Wildman–Crippen MR) is 134 cm³/mol. The first-order valence-electron chi connectivity index (χ1n) is 13.7. The van der Waals surface area contributed by atoms with Gasteiger partial charge in [-0.25, -0.2) is 0 Å². The minimum atomic E-state index is -0.0851. The van der Waals surface area contributed by atoms with Crippen molar-refractivity contribution in [3.63, 3.8) is 0 Å². The molecule has 4 saturated carbocycles. The van der Waals surface area contributed by atoms with Crippen molar-refractivity contribution >= 4 is 0 Å². The predicted octanol–water partition coefficient (Wildman–Crippen LogP) is 8.26. The van der Waals surface area contributed by atoms with E-state index in [2.05, 4.69) is 48.1 Å². The Morgan fingerprint density at radius 1 is 0.844 bits per heavy atom. The van der Waals surface area contributed by atoms with Gasteiger partial charge in [0.05, 0.1) is 0 Å². The van der Waals surface area contributed by atoms with E-state index in [1.54, 1.807) is 14.2 Å². The number of ether oxygens (including phenoxy) is 2. The summed E-state index contributed by atoms with van der Waals surface area (Å²) in [5.41, 5.74) is 3.37. The molecule has 184 valence electrons. The number of fused-ring (bicyclic) bond motifs is 5. The van der Waals surface area contributed by atoms with Gasteiger partial charge < -0.3 is 9.47 Å². The largest absolute Gasteiger partial charge is 0.356 e. The van der Waals surface area contributed by atoms with Gasteiger partial charge in [-0.15, -0.1) is 0 Å². The highest BCUT2D eigenvalue weighted by atomic mass is 16.7. The Balaban J connectivity index is 1.64. The van der Waals surface area contributed by atoms with Crippen molar-refractivity contribution in [2.24, 2.45) is 51.2 Å². The molecule has 0 heterocycles. The van der Waals surface area contributed by atoms with E-state index < -0.39 is 0 Å². The fourth-order valence-electron chi connectivity index (χ4n) is 10.6. The van der Waals surface area contributed by atoms with Gasteiger partial charge in [-0.3, -0.25) is 0 Å². The summed E-state index contributed by atoms with van der Waals surface area (Å²) in [6.07, 6.45) is 13.2. The minimum absolute atomic E-state index is 0.0851. The lowest BCUT2D eigenvalue weighted by molar-refractivity contribution is -0.216. The van der Waals surface area contributed by atoms with E-state index in [0.29, 0.717) is 27.6 Å². The van der Waals surface area contributed by atoms with Gasteiger partial charge >= 0.3 is 0 Å². The Kier molecular flexibility index (Phi) is 6.50. The second-order valence-electron chi connectivity index (χ2n) is 13.6. The zero-order valence-electron chi connectivity index (χ0n) is 22.6. The molecule has 2 heteroatoms. The molecule has 0 aliphatic heterocycles. The molecule has 0 aromatic rings. The first kappa shape index (κ1) is 24.8. The molecule has 8 atom stereocenters.